The number of hydrogen-bond acceptors (Lipinski definition) is 5. The minimum atomic E-state index is -0.469. The number of alkyl carbamates (subject to hydrolysis) is 1. The average Bonchev–Trinajstić information content (AvgIpc) is 3.30. The zero-order chi connectivity index (χ0) is 19.5. The van der Waals surface area contributed by atoms with Crippen molar-refractivity contribution in [1.29, 1.82) is 0 Å². The number of fused-ring (bicyclic) bond motifs is 3. The third kappa shape index (κ3) is 3.70. The van der Waals surface area contributed by atoms with Gasteiger partial charge in [0.1, 0.15) is 24.6 Å². The summed E-state index contributed by atoms with van der Waals surface area (Å²) in [6.07, 6.45) is 1.31. The van der Waals surface area contributed by atoms with Gasteiger partial charge in [0.05, 0.1) is 18.3 Å². The van der Waals surface area contributed by atoms with E-state index >= 15 is 0 Å². The molecule has 2 heterocycles. The predicted octanol–water partition coefficient (Wildman–Crippen LogP) is 3.59. The van der Waals surface area contributed by atoms with Crippen LogP contribution in [0.25, 0.3) is 21.9 Å². The van der Waals surface area contributed by atoms with Crippen LogP contribution in [0, 0.1) is 0 Å². The number of aromatic nitrogens is 2. The molecule has 0 aliphatic carbocycles. The maximum absolute atomic E-state index is 12.1. The van der Waals surface area contributed by atoms with Crippen LogP contribution in [0.1, 0.15) is 18.2 Å². The van der Waals surface area contributed by atoms with Crippen molar-refractivity contribution in [3.63, 3.8) is 0 Å². The second-order valence-corrected chi connectivity index (χ2v) is 6.72. The molecule has 0 saturated carbocycles. The molecule has 0 radical (unpaired) electrons. The van der Waals surface area contributed by atoms with Crippen LogP contribution in [-0.2, 0) is 24.5 Å². The number of carbonyl (C=O) groups excluding carboxylic acids is 1. The molecule has 4 rings (SSSR count). The normalized spacial score (nSPS) is 12.4. The SMILES string of the molecule is CC(Cn1ncc2ccc3oc(CO)cc3c21)NC(=O)OCc1ccccc1. The van der Waals surface area contributed by atoms with Crippen molar-refractivity contribution >= 4 is 28.0 Å². The molecular weight excluding hydrogens is 358 g/mol. The lowest BCUT2D eigenvalue weighted by molar-refractivity contribution is 0.135. The van der Waals surface area contributed by atoms with Crippen LogP contribution in [0.3, 0.4) is 0 Å². The van der Waals surface area contributed by atoms with E-state index in [9.17, 15) is 9.90 Å². The molecule has 1 amide bonds. The lowest BCUT2D eigenvalue weighted by Crippen LogP contribution is -2.36. The van der Waals surface area contributed by atoms with Gasteiger partial charge in [0.2, 0.25) is 0 Å². The van der Waals surface area contributed by atoms with Crippen molar-refractivity contribution in [2.45, 2.75) is 32.7 Å². The molecule has 7 heteroatoms. The zero-order valence-electron chi connectivity index (χ0n) is 15.5. The molecule has 2 aromatic heterocycles. The maximum Gasteiger partial charge on any atom is 0.407 e. The fraction of sp³-hybridized carbons (Fsp3) is 0.238. The molecule has 2 aromatic carbocycles. The summed E-state index contributed by atoms with van der Waals surface area (Å²) < 4.78 is 12.7. The molecular formula is C21H21N3O4. The number of benzene rings is 2. The smallest absolute Gasteiger partial charge is 0.407 e. The van der Waals surface area contributed by atoms with Gasteiger partial charge < -0.3 is 19.6 Å². The maximum atomic E-state index is 12.1. The minimum Gasteiger partial charge on any atom is -0.459 e. The Labute approximate surface area is 161 Å². The Hall–Kier alpha value is -3.32. The van der Waals surface area contributed by atoms with Crippen LogP contribution in [-0.4, -0.2) is 27.0 Å². The third-order valence-corrected chi connectivity index (χ3v) is 4.53. The lowest BCUT2D eigenvalue weighted by Gasteiger charge is -2.15. The number of amides is 1. The fourth-order valence-electron chi connectivity index (χ4n) is 3.24. The monoisotopic (exact) mass is 379 g/mol. The van der Waals surface area contributed by atoms with E-state index in [0.29, 0.717) is 17.9 Å². The summed E-state index contributed by atoms with van der Waals surface area (Å²) in [6, 6.07) is 15.0. The number of furan rings is 1. The molecule has 4 aromatic rings. The van der Waals surface area contributed by atoms with Crippen molar-refractivity contribution in [3.8, 4) is 0 Å². The predicted molar refractivity (Wildman–Crippen MR) is 105 cm³/mol. The van der Waals surface area contributed by atoms with E-state index < -0.39 is 6.09 Å². The molecule has 0 spiro atoms. The van der Waals surface area contributed by atoms with Gasteiger partial charge in [-0.25, -0.2) is 4.79 Å². The summed E-state index contributed by atoms with van der Waals surface area (Å²) in [5, 5.41) is 18.5. The largest absolute Gasteiger partial charge is 0.459 e. The van der Waals surface area contributed by atoms with E-state index in [1.807, 2.05) is 60.1 Å². The van der Waals surface area contributed by atoms with Crippen LogP contribution in [0.2, 0.25) is 0 Å². The molecule has 0 aliphatic heterocycles. The van der Waals surface area contributed by atoms with Crippen LogP contribution in [0.15, 0.2) is 59.1 Å². The van der Waals surface area contributed by atoms with Crippen LogP contribution >= 0.6 is 0 Å². The first-order valence-electron chi connectivity index (χ1n) is 9.09. The van der Waals surface area contributed by atoms with Crippen molar-refractivity contribution in [2.24, 2.45) is 0 Å². The summed E-state index contributed by atoms with van der Waals surface area (Å²) in [5.74, 6) is 0.505. The number of carbonyl (C=O) groups is 1. The van der Waals surface area contributed by atoms with Crippen molar-refractivity contribution in [3.05, 3.63) is 66.1 Å². The fourth-order valence-corrected chi connectivity index (χ4v) is 3.24. The molecule has 0 fully saturated rings. The van der Waals surface area contributed by atoms with E-state index in [0.717, 1.165) is 21.9 Å². The molecule has 7 nitrogen and oxygen atoms in total. The summed E-state index contributed by atoms with van der Waals surface area (Å²) in [5.41, 5.74) is 2.54. The van der Waals surface area contributed by atoms with Gasteiger partial charge in [-0.15, -0.1) is 0 Å². The molecule has 1 atom stereocenters. The van der Waals surface area contributed by atoms with E-state index in [2.05, 4.69) is 10.4 Å². The third-order valence-electron chi connectivity index (χ3n) is 4.53. The number of aliphatic hydroxyl groups excluding tert-OH is 1. The number of nitrogens with one attached hydrogen (secondary N) is 1. The van der Waals surface area contributed by atoms with Gasteiger partial charge in [0, 0.05) is 16.8 Å². The Kier molecular flexibility index (Phi) is 4.99. The Morgan fingerprint density at radius 2 is 2.11 bits per heavy atom. The van der Waals surface area contributed by atoms with Gasteiger partial charge in [-0.05, 0) is 30.7 Å². The zero-order valence-corrected chi connectivity index (χ0v) is 15.5. The first-order valence-corrected chi connectivity index (χ1v) is 9.09. The van der Waals surface area contributed by atoms with Gasteiger partial charge in [0.15, 0.2) is 0 Å². The summed E-state index contributed by atoms with van der Waals surface area (Å²) in [4.78, 5) is 12.1. The van der Waals surface area contributed by atoms with Gasteiger partial charge in [-0.1, -0.05) is 30.3 Å². The summed E-state index contributed by atoms with van der Waals surface area (Å²) in [6.45, 7) is 2.44. The van der Waals surface area contributed by atoms with E-state index in [1.54, 1.807) is 6.20 Å². The van der Waals surface area contributed by atoms with Gasteiger partial charge in [0.25, 0.3) is 0 Å². The average molecular weight is 379 g/mol. The highest BCUT2D eigenvalue weighted by molar-refractivity contribution is 6.03. The Bertz CT molecular complexity index is 1100. The Morgan fingerprint density at radius 1 is 1.29 bits per heavy atom. The van der Waals surface area contributed by atoms with Crippen LogP contribution in [0.4, 0.5) is 4.79 Å². The minimum absolute atomic E-state index is 0.157. The summed E-state index contributed by atoms with van der Waals surface area (Å²) in [7, 11) is 0. The first kappa shape index (κ1) is 18.1. The van der Waals surface area contributed by atoms with Gasteiger partial charge in [-0.3, -0.25) is 4.68 Å². The first-order chi connectivity index (χ1) is 13.6. The van der Waals surface area contributed by atoms with E-state index in [-0.39, 0.29) is 19.3 Å². The molecule has 144 valence electrons. The Morgan fingerprint density at radius 3 is 2.89 bits per heavy atom. The number of rotatable bonds is 6. The quantitative estimate of drug-likeness (QED) is 0.534. The molecule has 1 unspecified atom stereocenters. The summed E-state index contributed by atoms with van der Waals surface area (Å²) >= 11 is 0. The highest BCUT2D eigenvalue weighted by atomic mass is 16.5. The van der Waals surface area contributed by atoms with Gasteiger partial charge in [-0.2, -0.15) is 5.10 Å². The Balaban J connectivity index is 1.45. The number of hydrogen-bond donors (Lipinski definition) is 2. The molecule has 0 bridgehead atoms. The second-order valence-electron chi connectivity index (χ2n) is 6.72. The lowest BCUT2D eigenvalue weighted by atomic mass is 10.2. The van der Waals surface area contributed by atoms with Gasteiger partial charge >= 0.3 is 6.09 Å². The molecule has 0 saturated heterocycles. The topological polar surface area (TPSA) is 89.5 Å². The molecule has 28 heavy (non-hydrogen) atoms. The highest BCUT2D eigenvalue weighted by Gasteiger charge is 2.15. The molecule has 2 N–H and O–H groups in total. The number of aliphatic hydroxyl groups is 1. The van der Waals surface area contributed by atoms with Crippen LogP contribution < -0.4 is 5.32 Å². The highest BCUT2D eigenvalue weighted by Crippen LogP contribution is 2.28. The van der Waals surface area contributed by atoms with Crippen molar-refractivity contribution in [2.75, 3.05) is 0 Å². The van der Waals surface area contributed by atoms with E-state index in [4.69, 9.17) is 9.15 Å². The standard InChI is InChI=1S/C21H21N3O4/c1-14(23-21(26)27-13-15-5-3-2-4-6-15)11-24-20-16(10-22-24)7-8-19-18(20)9-17(12-25)28-19/h2-10,14,25H,11-13H2,1H3,(H,23,26). The molecule has 0 aliphatic rings. The van der Waals surface area contributed by atoms with Crippen molar-refractivity contribution < 1.29 is 19.1 Å². The van der Waals surface area contributed by atoms with E-state index in [1.165, 1.54) is 0 Å². The number of ether oxygens (including phenoxy) is 1. The number of nitrogens with zero attached hydrogens (tertiary/aromatic N) is 2. The van der Waals surface area contributed by atoms with Crippen LogP contribution in [0.5, 0.6) is 0 Å². The second kappa shape index (κ2) is 7.74. The van der Waals surface area contributed by atoms with Crippen molar-refractivity contribution in [1.82, 2.24) is 15.1 Å².